The number of fused-ring (bicyclic) bond motifs is 2. The first-order chi connectivity index (χ1) is 24.0. The number of nitrogens with zero attached hydrogens (tertiary/aromatic N) is 6. The average Bonchev–Trinajstić information content (AvgIpc) is 3.55. The number of carboxylic acids is 1. The Hall–Kier alpha value is -4.79. The van der Waals surface area contributed by atoms with Crippen LogP contribution in [0.5, 0.6) is 0 Å². The van der Waals surface area contributed by atoms with E-state index in [1.54, 1.807) is 42.5 Å². The summed E-state index contributed by atoms with van der Waals surface area (Å²) in [5, 5.41) is 20.0. The number of halogens is 5. The van der Waals surface area contributed by atoms with Crippen molar-refractivity contribution >= 4 is 63.3 Å². The molecule has 2 aliphatic rings. The number of benzene rings is 2. The van der Waals surface area contributed by atoms with Gasteiger partial charge in [0.25, 0.3) is 5.91 Å². The molecule has 0 radical (unpaired) electrons. The van der Waals surface area contributed by atoms with Gasteiger partial charge >= 0.3 is 12.1 Å². The zero-order valence-corrected chi connectivity index (χ0v) is 27.7. The number of alkyl halides is 3. The van der Waals surface area contributed by atoms with Gasteiger partial charge in [0, 0.05) is 23.9 Å². The topological polar surface area (TPSA) is 138 Å². The smallest absolute Gasteiger partial charge is 0.451 e. The molecule has 5 heterocycles. The van der Waals surface area contributed by atoms with E-state index in [0.717, 1.165) is 18.5 Å². The second-order valence-corrected chi connectivity index (χ2v) is 12.9. The molecule has 3 N–H and O–H groups in total. The highest BCUT2D eigenvalue weighted by Crippen LogP contribution is 2.42. The fourth-order valence-corrected chi connectivity index (χ4v) is 7.12. The average molecular weight is 726 g/mol. The molecular formula is C34H29Cl2F3N8O3. The summed E-state index contributed by atoms with van der Waals surface area (Å²) < 4.78 is 42.6. The number of rotatable bonds is 7. The van der Waals surface area contributed by atoms with Gasteiger partial charge < -0.3 is 15.7 Å². The summed E-state index contributed by atoms with van der Waals surface area (Å²) in [7, 11) is 0. The summed E-state index contributed by atoms with van der Waals surface area (Å²) in [5.74, 6) is -3.06. The molecule has 0 aliphatic carbocycles. The Kier molecular flexibility index (Phi) is 9.09. The fraction of sp³-hybridized carbons (Fsp3) is 0.294. The lowest BCUT2D eigenvalue weighted by atomic mass is 9.93. The minimum absolute atomic E-state index is 0.00514. The minimum atomic E-state index is -4.79. The molecule has 5 aromatic rings. The summed E-state index contributed by atoms with van der Waals surface area (Å²) in [4.78, 5) is 38.7. The standard InChI is InChI=1S/C34H29Cl2F3N8O3/c35-27-19(5-1-7-21(27)41-30-29-23(9-3-13-40-29)43-33(44-30)34(37,38)39)20-6-2-8-22(28(20)36)42-31(48)24-17-26-25(10-4-14-47(26)45-24)46-15-11-18(12-16-46)32(49)50/h1-3,5-9,13,17-18,25H,4,10-12,14-16H2,(H,42,48)(H,49,50)(H,41,43,44)/t25-/m0/s1. The van der Waals surface area contributed by atoms with Crippen LogP contribution in [-0.2, 0) is 17.5 Å². The van der Waals surface area contributed by atoms with Crippen LogP contribution in [0.1, 0.15) is 53.7 Å². The molecule has 1 saturated heterocycles. The lowest BCUT2D eigenvalue weighted by Crippen LogP contribution is -2.40. The van der Waals surface area contributed by atoms with Crippen LogP contribution in [0.25, 0.3) is 22.2 Å². The van der Waals surface area contributed by atoms with E-state index in [2.05, 4.69) is 35.6 Å². The molecular weight excluding hydrogens is 696 g/mol. The number of hydrogen-bond donors (Lipinski definition) is 3. The van der Waals surface area contributed by atoms with Gasteiger partial charge in [-0.15, -0.1) is 0 Å². The Labute approximate surface area is 293 Å². The molecule has 3 aromatic heterocycles. The number of aryl methyl sites for hydroxylation is 1. The molecule has 0 unspecified atom stereocenters. The van der Waals surface area contributed by atoms with Gasteiger partial charge in [-0.1, -0.05) is 47.5 Å². The van der Waals surface area contributed by atoms with Crippen LogP contribution in [0, 0.1) is 5.92 Å². The highest BCUT2D eigenvalue weighted by Gasteiger charge is 2.36. The van der Waals surface area contributed by atoms with Crippen LogP contribution in [0.4, 0.5) is 30.4 Å². The highest BCUT2D eigenvalue weighted by molar-refractivity contribution is 6.39. The monoisotopic (exact) mass is 724 g/mol. The molecule has 2 aromatic carbocycles. The van der Waals surface area contributed by atoms with Crippen LogP contribution < -0.4 is 10.6 Å². The normalized spacial score (nSPS) is 17.0. The number of piperidine rings is 1. The molecule has 0 saturated carbocycles. The van der Waals surface area contributed by atoms with Crippen molar-refractivity contribution in [2.75, 3.05) is 23.7 Å². The number of likely N-dealkylation sites (tertiary alicyclic amines) is 1. The Balaban J connectivity index is 1.13. The first-order valence-electron chi connectivity index (χ1n) is 15.9. The number of carbonyl (C=O) groups excluding carboxylic acids is 1. The summed E-state index contributed by atoms with van der Waals surface area (Å²) in [6, 6.07) is 14.7. The van der Waals surface area contributed by atoms with E-state index < -0.39 is 23.9 Å². The number of aliphatic carboxylic acids is 1. The van der Waals surface area contributed by atoms with Crippen molar-refractivity contribution < 1.29 is 27.9 Å². The van der Waals surface area contributed by atoms with Crippen molar-refractivity contribution in [3.63, 3.8) is 0 Å². The third-order valence-electron chi connectivity index (χ3n) is 9.05. The van der Waals surface area contributed by atoms with E-state index in [-0.39, 0.29) is 50.2 Å². The molecule has 2 aliphatic heterocycles. The Bertz CT molecular complexity index is 2120. The molecule has 1 fully saturated rings. The van der Waals surface area contributed by atoms with Crippen LogP contribution in [0.15, 0.2) is 60.8 Å². The van der Waals surface area contributed by atoms with Crippen molar-refractivity contribution in [2.24, 2.45) is 5.92 Å². The fourth-order valence-electron chi connectivity index (χ4n) is 6.57. The van der Waals surface area contributed by atoms with Crippen LogP contribution in [-0.4, -0.2) is 59.7 Å². The third-order valence-corrected chi connectivity index (χ3v) is 9.86. The van der Waals surface area contributed by atoms with Crippen LogP contribution >= 0.6 is 23.2 Å². The number of nitrogens with one attached hydrogen (secondary N) is 2. The molecule has 1 atom stereocenters. The second-order valence-electron chi connectivity index (χ2n) is 12.2. The Morgan fingerprint density at radius 3 is 2.30 bits per heavy atom. The second kappa shape index (κ2) is 13.5. The molecule has 11 nitrogen and oxygen atoms in total. The largest absolute Gasteiger partial charge is 0.481 e. The van der Waals surface area contributed by atoms with Gasteiger partial charge in [-0.05, 0) is 69.1 Å². The number of anilines is 3. The van der Waals surface area contributed by atoms with Crippen molar-refractivity contribution in [3.8, 4) is 11.1 Å². The molecule has 7 rings (SSSR count). The number of aromatic nitrogens is 5. The van der Waals surface area contributed by atoms with E-state index in [1.165, 1.54) is 18.3 Å². The lowest BCUT2D eigenvalue weighted by molar-refractivity contribution is -0.145. The maximum absolute atomic E-state index is 13.6. The Morgan fingerprint density at radius 1 is 0.900 bits per heavy atom. The predicted molar refractivity (Wildman–Crippen MR) is 182 cm³/mol. The summed E-state index contributed by atoms with van der Waals surface area (Å²) in [6.07, 6.45) is -0.429. The maximum atomic E-state index is 13.6. The van der Waals surface area contributed by atoms with Gasteiger partial charge in [0.1, 0.15) is 5.52 Å². The van der Waals surface area contributed by atoms with Gasteiger partial charge in [0.2, 0.25) is 5.82 Å². The van der Waals surface area contributed by atoms with Gasteiger partial charge in [-0.3, -0.25) is 24.2 Å². The molecule has 50 heavy (non-hydrogen) atoms. The SMILES string of the molecule is O=C(Nc1cccc(-c2cccc(Nc3nc(C(F)(F)F)nc4cccnc34)c2Cl)c1Cl)c1cc2n(n1)CCC[C@@H]2N1CCC(C(=O)O)CC1. The zero-order valence-electron chi connectivity index (χ0n) is 26.2. The molecule has 0 bridgehead atoms. The van der Waals surface area contributed by atoms with Gasteiger partial charge in [0.05, 0.1) is 44.6 Å². The van der Waals surface area contributed by atoms with E-state index in [9.17, 15) is 27.9 Å². The van der Waals surface area contributed by atoms with E-state index in [1.807, 2.05) is 4.68 Å². The molecule has 1 amide bonds. The predicted octanol–water partition coefficient (Wildman–Crippen LogP) is 7.84. The lowest BCUT2D eigenvalue weighted by Gasteiger charge is -2.38. The number of amides is 1. The van der Waals surface area contributed by atoms with Gasteiger partial charge in [0.15, 0.2) is 11.5 Å². The van der Waals surface area contributed by atoms with Gasteiger partial charge in [-0.25, -0.2) is 9.97 Å². The van der Waals surface area contributed by atoms with E-state index in [4.69, 9.17) is 23.2 Å². The first kappa shape index (κ1) is 33.7. The first-order valence-corrected chi connectivity index (χ1v) is 16.6. The molecule has 0 spiro atoms. The van der Waals surface area contributed by atoms with Crippen molar-refractivity contribution in [3.05, 3.63) is 88.1 Å². The number of hydrogen-bond acceptors (Lipinski definition) is 8. The molecule has 16 heteroatoms. The highest BCUT2D eigenvalue weighted by atomic mass is 35.5. The zero-order chi connectivity index (χ0) is 35.2. The van der Waals surface area contributed by atoms with Crippen LogP contribution in [0.3, 0.4) is 0 Å². The summed E-state index contributed by atoms with van der Waals surface area (Å²) in [5.41, 5.74) is 2.75. The maximum Gasteiger partial charge on any atom is 0.451 e. The minimum Gasteiger partial charge on any atom is -0.481 e. The van der Waals surface area contributed by atoms with E-state index >= 15 is 0 Å². The number of carboxylic acid groups (broad SMARTS) is 1. The van der Waals surface area contributed by atoms with Crippen LogP contribution in [0.2, 0.25) is 10.0 Å². The number of carbonyl (C=O) groups is 2. The molecule has 258 valence electrons. The Morgan fingerprint density at radius 2 is 1.60 bits per heavy atom. The van der Waals surface area contributed by atoms with Crippen molar-refractivity contribution in [1.29, 1.82) is 0 Å². The van der Waals surface area contributed by atoms with Gasteiger partial charge in [-0.2, -0.15) is 18.3 Å². The summed E-state index contributed by atoms with van der Waals surface area (Å²) in [6.45, 7) is 2.00. The van der Waals surface area contributed by atoms with Crippen molar-refractivity contribution in [2.45, 2.75) is 44.4 Å². The van der Waals surface area contributed by atoms with E-state index in [0.29, 0.717) is 49.3 Å². The van der Waals surface area contributed by atoms with Crippen molar-refractivity contribution in [1.82, 2.24) is 29.6 Å². The number of pyridine rings is 1. The summed E-state index contributed by atoms with van der Waals surface area (Å²) >= 11 is 13.7. The third kappa shape index (κ3) is 6.57. The quantitative estimate of drug-likeness (QED) is 0.153.